The Balaban J connectivity index is 1.12. The van der Waals surface area contributed by atoms with Gasteiger partial charge >= 0.3 is 0 Å². The van der Waals surface area contributed by atoms with Crippen LogP contribution < -0.4 is 5.56 Å². The molecular formula is C35H40FN5O3Si. The first-order chi connectivity index (χ1) is 21.7. The van der Waals surface area contributed by atoms with Crippen molar-refractivity contribution >= 4 is 19.2 Å². The van der Waals surface area contributed by atoms with Crippen molar-refractivity contribution in [2.75, 3.05) is 6.61 Å². The van der Waals surface area contributed by atoms with E-state index in [2.05, 4.69) is 28.4 Å². The first kappa shape index (κ1) is 31.0. The first-order valence-electron chi connectivity index (χ1n) is 15.7. The summed E-state index contributed by atoms with van der Waals surface area (Å²) in [6.45, 7) is 6.18. The van der Waals surface area contributed by atoms with Crippen LogP contribution in [0.15, 0.2) is 96.1 Å². The third-order valence-corrected chi connectivity index (χ3v) is 11.7. The lowest BCUT2D eigenvalue weighted by Crippen LogP contribution is -2.36. The number of rotatable bonds is 11. The first-order valence-corrected chi connectivity index (χ1v) is 18.6. The molecular weight excluding hydrogens is 586 g/mol. The van der Waals surface area contributed by atoms with Gasteiger partial charge in [0.15, 0.2) is 0 Å². The van der Waals surface area contributed by atoms with Gasteiger partial charge in [-0.2, -0.15) is 9.78 Å². The van der Waals surface area contributed by atoms with E-state index in [4.69, 9.17) is 4.74 Å². The Labute approximate surface area is 263 Å². The van der Waals surface area contributed by atoms with Crippen LogP contribution in [0.5, 0.6) is 0 Å². The number of fused-ring (bicyclic) bond motifs is 1. The Bertz CT molecular complexity index is 1800. The van der Waals surface area contributed by atoms with Gasteiger partial charge in [0.25, 0.3) is 5.56 Å². The zero-order valence-corrected chi connectivity index (χ0v) is 27.0. The minimum atomic E-state index is -3.03. The zero-order valence-electron chi connectivity index (χ0n) is 26.0. The third kappa shape index (κ3) is 6.68. The van der Waals surface area contributed by atoms with Crippen LogP contribution in [-0.4, -0.2) is 57.1 Å². The second kappa shape index (κ2) is 13.2. The summed E-state index contributed by atoms with van der Waals surface area (Å²) < 4.78 is 25.6. The Hall–Kier alpha value is -3.99. The summed E-state index contributed by atoms with van der Waals surface area (Å²) in [4.78, 5) is 13.1. The molecule has 1 saturated heterocycles. The average molecular weight is 626 g/mol. The second-order valence-corrected chi connectivity index (χ2v) is 16.5. The van der Waals surface area contributed by atoms with Crippen molar-refractivity contribution in [3.05, 3.63) is 118 Å². The maximum atomic E-state index is 15.7. The molecule has 2 aromatic heterocycles. The molecule has 10 heteroatoms. The van der Waals surface area contributed by atoms with Crippen LogP contribution in [0, 0.1) is 5.92 Å². The number of ether oxygens (including phenoxy) is 1. The molecule has 45 heavy (non-hydrogen) atoms. The predicted molar refractivity (Wildman–Crippen MR) is 176 cm³/mol. The molecule has 1 aliphatic rings. The topological polar surface area (TPSA) is 95.1 Å². The molecule has 0 saturated carbocycles. The van der Waals surface area contributed by atoms with Crippen LogP contribution in [0.4, 0.5) is 4.11 Å². The molecule has 1 unspecified atom stereocenters. The second-order valence-electron chi connectivity index (χ2n) is 12.7. The lowest BCUT2D eigenvalue weighted by atomic mass is 9.95. The number of nitrogens with zero attached hydrogens (tertiary/aromatic N) is 5. The van der Waals surface area contributed by atoms with Crippen LogP contribution in [-0.2, 0) is 17.7 Å². The fourth-order valence-corrected chi connectivity index (χ4v) is 9.57. The van der Waals surface area contributed by atoms with Gasteiger partial charge in [-0.25, -0.2) is 0 Å². The predicted octanol–water partition coefficient (Wildman–Crippen LogP) is 6.07. The van der Waals surface area contributed by atoms with E-state index in [-0.39, 0.29) is 41.8 Å². The smallest absolute Gasteiger partial charge is 0.279 e. The van der Waals surface area contributed by atoms with E-state index in [1.165, 1.54) is 4.68 Å². The Morgan fingerprint density at radius 2 is 1.78 bits per heavy atom. The maximum Gasteiger partial charge on any atom is 0.279 e. The highest BCUT2D eigenvalue weighted by atomic mass is 28.4. The van der Waals surface area contributed by atoms with Crippen LogP contribution in [0.25, 0.3) is 16.5 Å². The highest BCUT2D eigenvalue weighted by molar-refractivity contribution is 6.72. The monoisotopic (exact) mass is 625 g/mol. The highest BCUT2D eigenvalue weighted by Gasteiger charge is 2.50. The molecule has 3 aromatic carbocycles. The summed E-state index contributed by atoms with van der Waals surface area (Å²) in [6, 6.07) is 25.1. The van der Waals surface area contributed by atoms with E-state index in [1.807, 2.05) is 79.0 Å². The van der Waals surface area contributed by atoms with Crippen LogP contribution in [0.3, 0.4) is 0 Å². The summed E-state index contributed by atoms with van der Waals surface area (Å²) >= 11 is 0. The van der Waals surface area contributed by atoms with Crippen molar-refractivity contribution in [2.45, 2.75) is 69.5 Å². The van der Waals surface area contributed by atoms with Gasteiger partial charge in [-0.05, 0) is 67.6 Å². The van der Waals surface area contributed by atoms with Gasteiger partial charge in [0, 0.05) is 23.7 Å². The summed E-state index contributed by atoms with van der Waals surface area (Å²) in [5.41, 5.74) is 3.21. The van der Waals surface area contributed by atoms with Crippen molar-refractivity contribution in [2.24, 2.45) is 5.92 Å². The number of hydrogen-bond donors (Lipinski definition) is 1. The molecule has 0 bridgehead atoms. The zero-order chi connectivity index (χ0) is 31.6. The minimum Gasteiger partial charge on any atom is -0.395 e. The standard InChI is InChI=1S/C35H40FN5O3Si/c1-24-32(17-16-25-10-9-14-28(20-25)41-35(43)29-15-8-7-13-27(29)21-37-41)44-33(34(24)45(2,3)36)18-19-40-22-31(38-39-40)30(23-42)26-11-5-4-6-12-26/h4-15,20-22,24,30,32-34,42H,16-19,23H2,1-3H3/t24-,30?,32+,33-,34+/m1/s1. The molecule has 0 aliphatic carbocycles. The van der Waals surface area contributed by atoms with Gasteiger partial charge in [-0.15, -0.1) is 5.10 Å². The van der Waals surface area contributed by atoms with E-state index in [9.17, 15) is 9.90 Å². The van der Waals surface area contributed by atoms with Gasteiger partial charge in [-0.1, -0.05) is 72.8 Å². The number of aromatic nitrogens is 5. The molecule has 3 heterocycles. The largest absolute Gasteiger partial charge is 0.395 e. The van der Waals surface area contributed by atoms with Gasteiger partial charge < -0.3 is 14.0 Å². The number of aryl methyl sites for hydroxylation is 2. The van der Waals surface area contributed by atoms with Crippen molar-refractivity contribution in [1.29, 1.82) is 0 Å². The van der Waals surface area contributed by atoms with Gasteiger partial charge in [0.1, 0.15) is 0 Å². The average Bonchev–Trinajstić information content (AvgIpc) is 3.64. The van der Waals surface area contributed by atoms with E-state index >= 15 is 4.11 Å². The SMILES string of the molecule is C[C@H]1[C@H]([Si](C)(C)F)[C@@H](CCn2cc(C(CO)c3ccccc3)nn2)O[C@H]1CCc1cccc(-n2ncc3ccccc3c2=O)c1. The van der Waals surface area contributed by atoms with E-state index in [1.54, 1.807) is 24.0 Å². The molecule has 0 amide bonds. The number of hydrogen-bond acceptors (Lipinski definition) is 6. The molecule has 234 valence electrons. The van der Waals surface area contributed by atoms with E-state index in [0.29, 0.717) is 24.0 Å². The van der Waals surface area contributed by atoms with E-state index in [0.717, 1.165) is 35.0 Å². The summed E-state index contributed by atoms with van der Waals surface area (Å²) in [5, 5.41) is 24.5. The number of halogens is 1. The quantitative estimate of drug-likeness (QED) is 0.141. The number of aliphatic hydroxyl groups excluding tert-OH is 1. The molecule has 0 spiro atoms. The normalized spacial score (nSPS) is 20.9. The molecule has 5 aromatic rings. The number of benzene rings is 3. The van der Waals surface area contributed by atoms with Crippen molar-refractivity contribution < 1.29 is 14.0 Å². The Morgan fingerprint density at radius 3 is 2.56 bits per heavy atom. The third-order valence-electron chi connectivity index (χ3n) is 9.20. The van der Waals surface area contributed by atoms with Crippen LogP contribution in [0.2, 0.25) is 18.6 Å². The maximum absolute atomic E-state index is 15.7. The lowest BCUT2D eigenvalue weighted by molar-refractivity contribution is 0.0247. The summed E-state index contributed by atoms with van der Waals surface area (Å²) in [6.07, 6.45) is 5.44. The molecule has 8 nitrogen and oxygen atoms in total. The summed E-state index contributed by atoms with van der Waals surface area (Å²) in [7, 11) is -3.03. The van der Waals surface area contributed by atoms with Gasteiger partial charge in [-0.3, -0.25) is 9.48 Å². The molecule has 6 rings (SSSR count). The fraction of sp³-hybridized carbons (Fsp3) is 0.371. The van der Waals surface area contributed by atoms with Crippen molar-refractivity contribution in [1.82, 2.24) is 24.8 Å². The van der Waals surface area contributed by atoms with Crippen molar-refractivity contribution in [3.8, 4) is 5.69 Å². The Morgan fingerprint density at radius 1 is 1.00 bits per heavy atom. The van der Waals surface area contributed by atoms with Crippen LogP contribution in [0.1, 0.15) is 42.5 Å². The molecule has 0 radical (unpaired) electrons. The summed E-state index contributed by atoms with van der Waals surface area (Å²) in [5.74, 6) is -0.163. The fourth-order valence-electron chi connectivity index (χ4n) is 6.97. The van der Waals surface area contributed by atoms with Gasteiger partial charge in [0.05, 0.1) is 47.7 Å². The molecule has 1 aliphatic heterocycles. The van der Waals surface area contributed by atoms with Gasteiger partial charge in [0.2, 0.25) is 8.41 Å². The Kier molecular flexibility index (Phi) is 9.07. The van der Waals surface area contributed by atoms with E-state index < -0.39 is 8.41 Å². The molecule has 5 atom stereocenters. The lowest BCUT2D eigenvalue weighted by Gasteiger charge is -2.28. The molecule has 1 fully saturated rings. The minimum absolute atomic E-state index is 0.0598. The highest BCUT2D eigenvalue weighted by Crippen LogP contribution is 2.47. The number of aliphatic hydroxyl groups is 1. The van der Waals surface area contributed by atoms with Crippen molar-refractivity contribution in [3.63, 3.8) is 0 Å². The van der Waals surface area contributed by atoms with Crippen LogP contribution >= 0.6 is 0 Å². The molecule has 1 N–H and O–H groups in total.